The second kappa shape index (κ2) is 8.26. The zero-order chi connectivity index (χ0) is 19.3. The normalized spacial score (nSPS) is 14.5. The lowest BCUT2D eigenvalue weighted by Crippen LogP contribution is -2.46. The summed E-state index contributed by atoms with van der Waals surface area (Å²) in [7, 11) is 0. The minimum atomic E-state index is -1.65. The van der Waals surface area contributed by atoms with E-state index in [-0.39, 0.29) is 12.3 Å². The molecule has 0 radical (unpaired) electrons. The van der Waals surface area contributed by atoms with Crippen LogP contribution >= 0.6 is 0 Å². The van der Waals surface area contributed by atoms with Crippen LogP contribution in [0.15, 0.2) is 71.4 Å². The van der Waals surface area contributed by atoms with Gasteiger partial charge >= 0.3 is 0 Å². The quantitative estimate of drug-likeness (QED) is 0.636. The number of aromatic nitrogens is 1. The van der Waals surface area contributed by atoms with Crippen molar-refractivity contribution < 1.29 is 24.3 Å². The second-order valence-corrected chi connectivity index (χ2v) is 6.37. The first-order valence-electron chi connectivity index (χ1n) is 8.55. The van der Waals surface area contributed by atoms with Gasteiger partial charge in [-0.25, -0.2) is 0 Å². The highest BCUT2D eigenvalue weighted by atomic mass is 16.5. The Hall–Kier alpha value is -2.80. The van der Waals surface area contributed by atoms with Crippen LogP contribution in [-0.4, -0.2) is 33.4 Å². The molecule has 0 aliphatic carbocycles. The molecule has 0 fully saturated rings. The average molecular weight is 367 g/mol. The molecule has 140 valence electrons. The van der Waals surface area contributed by atoms with Crippen LogP contribution in [0.25, 0.3) is 11.1 Å². The SMILES string of the molecule is C[C@@](OCc1ccc(-c2ccccc2)cc1)(C(=O)CO)[C@@H](O)c1ccon1. The molecule has 2 atom stereocenters. The smallest absolute Gasteiger partial charge is 0.192 e. The van der Waals surface area contributed by atoms with Crippen LogP contribution in [0.5, 0.6) is 0 Å². The molecule has 0 unspecified atom stereocenters. The van der Waals surface area contributed by atoms with Crippen LogP contribution in [-0.2, 0) is 16.1 Å². The molecule has 2 aromatic carbocycles. The number of aliphatic hydroxyl groups excluding tert-OH is 2. The summed E-state index contributed by atoms with van der Waals surface area (Å²) in [6.45, 7) is 0.772. The van der Waals surface area contributed by atoms with E-state index in [9.17, 15) is 15.0 Å². The third kappa shape index (κ3) is 4.14. The summed E-state index contributed by atoms with van der Waals surface area (Å²) in [6, 6.07) is 19.1. The molecule has 0 spiro atoms. The molecule has 3 aromatic rings. The fourth-order valence-electron chi connectivity index (χ4n) is 2.77. The molecular weight excluding hydrogens is 346 g/mol. The highest BCUT2D eigenvalue weighted by Crippen LogP contribution is 2.30. The first-order chi connectivity index (χ1) is 13.0. The number of benzene rings is 2. The molecular formula is C21H21NO5. The molecule has 0 saturated heterocycles. The van der Waals surface area contributed by atoms with Gasteiger partial charge in [0.15, 0.2) is 11.4 Å². The highest BCUT2D eigenvalue weighted by molar-refractivity contribution is 5.88. The topological polar surface area (TPSA) is 92.8 Å². The molecule has 0 saturated carbocycles. The lowest BCUT2D eigenvalue weighted by Gasteiger charge is -2.31. The van der Waals surface area contributed by atoms with Gasteiger partial charge in [0.1, 0.15) is 24.7 Å². The number of ketones is 1. The third-order valence-electron chi connectivity index (χ3n) is 4.56. The van der Waals surface area contributed by atoms with E-state index in [1.807, 2.05) is 54.6 Å². The van der Waals surface area contributed by atoms with Crippen LogP contribution in [0, 0.1) is 0 Å². The Morgan fingerprint density at radius 3 is 2.37 bits per heavy atom. The van der Waals surface area contributed by atoms with Crippen LogP contribution in [0.4, 0.5) is 0 Å². The van der Waals surface area contributed by atoms with Crippen molar-refractivity contribution in [3.63, 3.8) is 0 Å². The standard InChI is InChI=1S/C21H21NO5/c1-21(19(24)13-23,20(25)18-11-12-27-22-18)26-14-15-7-9-17(10-8-15)16-5-3-2-4-6-16/h2-12,20,23,25H,13-14H2,1H3/t20-,21+/m0/s1. The van der Waals surface area contributed by atoms with Crippen LogP contribution < -0.4 is 0 Å². The fraction of sp³-hybridized carbons (Fsp3) is 0.238. The Morgan fingerprint density at radius 2 is 1.78 bits per heavy atom. The first kappa shape index (κ1) is 19.0. The van der Waals surface area contributed by atoms with Crippen molar-refractivity contribution in [2.75, 3.05) is 6.61 Å². The van der Waals surface area contributed by atoms with E-state index >= 15 is 0 Å². The molecule has 0 aliphatic heterocycles. The molecule has 0 bridgehead atoms. The van der Waals surface area contributed by atoms with E-state index in [1.54, 1.807) is 0 Å². The number of hydrogen-bond acceptors (Lipinski definition) is 6. The van der Waals surface area contributed by atoms with Gasteiger partial charge in [-0.2, -0.15) is 0 Å². The molecule has 1 heterocycles. The molecule has 27 heavy (non-hydrogen) atoms. The van der Waals surface area contributed by atoms with E-state index in [4.69, 9.17) is 9.26 Å². The number of carbonyl (C=O) groups is 1. The molecule has 0 amide bonds. The van der Waals surface area contributed by atoms with Gasteiger partial charge in [0.2, 0.25) is 0 Å². The van der Waals surface area contributed by atoms with Gasteiger partial charge in [0, 0.05) is 6.07 Å². The minimum Gasteiger partial charge on any atom is -0.388 e. The highest BCUT2D eigenvalue weighted by Gasteiger charge is 2.43. The Labute approximate surface area is 157 Å². The van der Waals surface area contributed by atoms with Gasteiger partial charge in [0.05, 0.1) is 6.61 Å². The average Bonchev–Trinajstić information content (AvgIpc) is 3.26. The molecule has 2 N–H and O–H groups in total. The maximum Gasteiger partial charge on any atom is 0.192 e. The largest absolute Gasteiger partial charge is 0.388 e. The van der Waals surface area contributed by atoms with Crippen LogP contribution in [0.2, 0.25) is 0 Å². The Kier molecular flexibility index (Phi) is 5.81. The van der Waals surface area contributed by atoms with E-state index in [0.717, 1.165) is 16.7 Å². The van der Waals surface area contributed by atoms with Crippen molar-refractivity contribution in [2.45, 2.75) is 25.2 Å². The van der Waals surface area contributed by atoms with Crippen molar-refractivity contribution in [1.29, 1.82) is 0 Å². The molecule has 3 rings (SSSR count). The van der Waals surface area contributed by atoms with Crippen LogP contribution in [0.3, 0.4) is 0 Å². The number of aliphatic hydroxyl groups is 2. The lowest BCUT2D eigenvalue weighted by atomic mass is 9.91. The number of Topliss-reactive ketones (excluding diaryl/α,β-unsaturated/α-hetero) is 1. The number of rotatable bonds is 8. The monoisotopic (exact) mass is 367 g/mol. The number of ether oxygens (including phenoxy) is 1. The number of nitrogens with zero attached hydrogens (tertiary/aromatic N) is 1. The zero-order valence-corrected chi connectivity index (χ0v) is 14.9. The first-order valence-corrected chi connectivity index (χ1v) is 8.55. The Morgan fingerprint density at radius 1 is 1.11 bits per heavy atom. The zero-order valence-electron chi connectivity index (χ0n) is 14.9. The summed E-state index contributed by atoms with van der Waals surface area (Å²) in [5.41, 5.74) is 1.52. The minimum absolute atomic E-state index is 0.0895. The van der Waals surface area contributed by atoms with Crippen molar-refractivity contribution in [1.82, 2.24) is 5.16 Å². The van der Waals surface area contributed by atoms with Gasteiger partial charge in [-0.1, -0.05) is 59.8 Å². The molecule has 6 nitrogen and oxygen atoms in total. The third-order valence-corrected chi connectivity index (χ3v) is 4.56. The van der Waals surface area contributed by atoms with Crippen LogP contribution in [0.1, 0.15) is 24.3 Å². The Balaban J connectivity index is 1.75. The predicted octanol–water partition coefficient (Wildman–Crippen LogP) is 2.91. The van der Waals surface area contributed by atoms with Gasteiger partial charge < -0.3 is 19.5 Å². The van der Waals surface area contributed by atoms with Crippen molar-refractivity contribution in [3.05, 3.63) is 78.2 Å². The summed E-state index contributed by atoms with van der Waals surface area (Å²) in [5, 5.41) is 23.5. The molecule has 1 aromatic heterocycles. The van der Waals surface area contributed by atoms with Crippen molar-refractivity contribution in [3.8, 4) is 11.1 Å². The summed E-state index contributed by atoms with van der Waals surface area (Å²) in [5.74, 6) is -0.640. The fourth-order valence-corrected chi connectivity index (χ4v) is 2.77. The van der Waals surface area contributed by atoms with Gasteiger partial charge in [0.25, 0.3) is 0 Å². The maximum absolute atomic E-state index is 12.2. The van der Waals surface area contributed by atoms with E-state index in [2.05, 4.69) is 5.16 Å². The van der Waals surface area contributed by atoms with Gasteiger partial charge in [-0.3, -0.25) is 4.79 Å². The second-order valence-electron chi connectivity index (χ2n) is 6.37. The number of hydrogen-bond donors (Lipinski definition) is 2. The maximum atomic E-state index is 12.2. The molecule has 0 aliphatic rings. The summed E-state index contributed by atoms with van der Waals surface area (Å²) in [6.07, 6.45) is -0.0653. The van der Waals surface area contributed by atoms with E-state index in [0.29, 0.717) is 0 Å². The van der Waals surface area contributed by atoms with Gasteiger partial charge in [-0.15, -0.1) is 0 Å². The lowest BCUT2D eigenvalue weighted by molar-refractivity contribution is -0.166. The summed E-state index contributed by atoms with van der Waals surface area (Å²) in [4.78, 5) is 12.2. The van der Waals surface area contributed by atoms with Crippen molar-refractivity contribution in [2.24, 2.45) is 0 Å². The van der Waals surface area contributed by atoms with Gasteiger partial charge in [-0.05, 0) is 23.6 Å². The van der Waals surface area contributed by atoms with E-state index in [1.165, 1.54) is 19.3 Å². The summed E-state index contributed by atoms with van der Waals surface area (Å²) < 4.78 is 10.5. The number of carbonyl (C=O) groups excluding carboxylic acids is 1. The predicted molar refractivity (Wildman–Crippen MR) is 98.6 cm³/mol. The van der Waals surface area contributed by atoms with Crippen molar-refractivity contribution >= 4 is 5.78 Å². The summed E-state index contributed by atoms with van der Waals surface area (Å²) >= 11 is 0. The van der Waals surface area contributed by atoms with E-state index < -0.39 is 24.1 Å². The molecule has 6 heteroatoms. The Bertz CT molecular complexity index is 861.